The van der Waals surface area contributed by atoms with Crippen molar-refractivity contribution in [3.05, 3.63) is 11.6 Å². The number of rotatable bonds is 0. The summed E-state index contributed by atoms with van der Waals surface area (Å²) in [6, 6.07) is 0. The third kappa shape index (κ3) is 2.75. The van der Waals surface area contributed by atoms with Crippen LogP contribution in [0, 0.1) is 46.3 Å². The second-order valence-corrected chi connectivity index (χ2v) is 12.9. The number of aliphatic hydroxyl groups is 3. The van der Waals surface area contributed by atoms with Gasteiger partial charge in [-0.25, -0.2) is 0 Å². The zero-order valence-electron chi connectivity index (χ0n) is 20.2. The molecule has 0 aromatic rings. The molecular weight excluding hydrogens is 404 g/mol. The second-order valence-electron chi connectivity index (χ2n) is 12.9. The molecule has 0 unspecified atom stereocenters. The molecule has 0 aromatic heterocycles. The third-order valence-electron chi connectivity index (χ3n) is 11.5. The summed E-state index contributed by atoms with van der Waals surface area (Å²) < 4.78 is 13.1. The number of fused-ring (bicyclic) bond motifs is 7. The van der Waals surface area contributed by atoms with Gasteiger partial charge < -0.3 is 24.8 Å². The monoisotopic (exact) mass is 446 g/mol. The molecule has 5 heteroatoms. The molecule has 32 heavy (non-hydrogen) atoms. The molecule has 2 aliphatic heterocycles. The summed E-state index contributed by atoms with van der Waals surface area (Å²) in [7, 11) is 0. The van der Waals surface area contributed by atoms with Gasteiger partial charge in [0.1, 0.15) is 0 Å². The fourth-order valence-electron chi connectivity index (χ4n) is 9.70. The highest BCUT2D eigenvalue weighted by molar-refractivity contribution is 5.27. The lowest BCUT2D eigenvalue weighted by Gasteiger charge is -2.59. The van der Waals surface area contributed by atoms with Crippen LogP contribution in [0.1, 0.15) is 72.6 Å². The zero-order valence-corrected chi connectivity index (χ0v) is 20.2. The molecule has 0 aromatic carbocycles. The van der Waals surface area contributed by atoms with Crippen LogP contribution in [0.4, 0.5) is 0 Å². The van der Waals surface area contributed by atoms with E-state index in [9.17, 15) is 15.3 Å². The summed E-state index contributed by atoms with van der Waals surface area (Å²) in [6.45, 7) is 9.82. The lowest BCUT2D eigenvalue weighted by atomic mass is 9.46. The molecular formula is C27H42O5. The van der Waals surface area contributed by atoms with Gasteiger partial charge in [-0.05, 0) is 73.0 Å². The molecule has 6 aliphatic rings. The lowest BCUT2D eigenvalue weighted by molar-refractivity contribution is -0.290. The van der Waals surface area contributed by atoms with E-state index in [2.05, 4.69) is 33.8 Å². The van der Waals surface area contributed by atoms with Crippen LogP contribution in [0.3, 0.4) is 0 Å². The SMILES string of the molecule is C[C@H]1CO[C@]2(C[C@@H]1O)O[C@H]1C[C@H]3[C@@H]4CC=C5C[C@@H](O)[C@H](O)C[C@]5(C)[C@H]4CC[C@]3(C)[C@H]1[C@@H]2C. The molecule has 0 bridgehead atoms. The Bertz CT molecular complexity index is 812. The van der Waals surface area contributed by atoms with Gasteiger partial charge in [-0.3, -0.25) is 0 Å². The van der Waals surface area contributed by atoms with Crippen molar-refractivity contribution < 1.29 is 24.8 Å². The molecule has 5 nitrogen and oxygen atoms in total. The van der Waals surface area contributed by atoms with E-state index in [4.69, 9.17) is 9.47 Å². The normalized spacial score (nSPS) is 61.5. The first-order valence-electron chi connectivity index (χ1n) is 13.1. The molecule has 0 radical (unpaired) electrons. The summed E-state index contributed by atoms with van der Waals surface area (Å²) in [4.78, 5) is 0. The van der Waals surface area contributed by atoms with Crippen LogP contribution < -0.4 is 0 Å². The van der Waals surface area contributed by atoms with E-state index < -0.39 is 18.0 Å². The van der Waals surface area contributed by atoms with Gasteiger partial charge >= 0.3 is 0 Å². The van der Waals surface area contributed by atoms with E-state index in [1.807, 2.05) is 0 Å². The Kier molecular flexibility index (Phi) is 4.84. The maximum Gasteiger partial charge on any atom is 0.174 e. The van der Waals surface area contributed by atoms with Gasteiger partial charge in [-0.1, -0.05) is 39.3 Å². The molecule has 6 rings (SSSR count). The molecule has 5 fully saturated rings. The average molecular weight is 447 g/mol. The van der Waals surface area contributed by atoms with Crippen molar-refractivity contribution in [2.24, 2.45) is 46.3 Å². The van der Waals surface area contributed by atoms with E-state index in [1.54, 1.807) is 0 Å². The predicted octanol–water partition coefficient (Wildman–Crippen LogP) is 3.66. The highest BCUT2D eigenvalue weighted by atomic mass is 16.7. The zero-order chi connectivity index (χ0) is 22.6. The summed E-state index contributed by atoms with van der Waals surface area (Å²) >= 11 is 0. The highest BCUT2D eigenvalue weighted by Gasteiger charge is 2.69. The third-order valence-corrected chi connectivity index (χ3v) is 11.5. The van der Waals surface area contributed by atoms with E-state index >= 15 is 0 Å². The Morgan fingerprint density at radius 1 is 1.00 bits per heavy atom. The average Bonchev–Trinajstić information content (AvgIpc) is 3.17. The van der Waals surface area contributed by atoms with Crippen molar-refractivity contribution in [2.45, 2.75) is 103 Å². The van der Waals surface area contributed by atoms with Crippen LogP contribution in [0.2, 0.25) is 0 Å². The van der Waals surface area contributed by atoms with Gasteiger partial charge in [0.25, 0.3) is 0 Å². The van der Waals surface area contributed by atoms with Gasteiger partial charge in [-0.15, -0.1) is 0 Å². The van der Waals surface area contributed by atoms with Crippen LogP contribution in [0.5, 0.6) is 0 Å². The summed E-state index contributed by atoms with van der Waals surface area (Å²) in [5, 5.41) is 31.4. The number of allylic oxidation sites excluding steroid dienone is 1. The van der Waals surface area contributed by atoms with Crippen LogP contribution in [-0.2, 0) is 9.47 Å². The highest BCUT2D eigenvalue weighted by Crippen LogP contribution is 2.70. The summed E-state index contributed by atoms with van der Waals surface area (Å²) in [5.74, 6) is 2.16. The maximum atomic E-state index is 10.6. The number of ether oxygens (including phenoxy) is 2. The van der Waals surface area contributed by atoms with Gasteiger partial charge in [0.2, 0.25) is 0 Å². The minimum absolute atomic E-state index is 0.0149. The standard InChI is InChI=1S/C27H42O5/c1-14-13-31-27(12-21(14)29)15(2)24-23(32-27)10-19-17-6-5-16-9-20(28)22(30)11-26(16,4)18(17)7-8-25(19,24)3/h5,14-15,17-24,28-30H,6-13H2,1-4H3/t14-,15-,17+,18-,19-,20+,21-,22+,23-,24-,25-,26-,27+/m0/s1. The summed E-state index contributed by atoms with van der Waals surface area (Å²) in [6.07, 6.45) is 7.59. The Hall–Kier alpha value is -0.460. The van der Waals surface area contributed by atoms with Crippen molar-refractivity contribution in [3.8, 4) is 0 Å². The first-order valence-corrected chi connectivity index (χ1v) is 13.1. The van der Waals surface area contributed by atoms with Gasteiger partial charge in [0.05, 0.1) is 31.0 Å². The maximum absolute atomic E-state index is 10.6. The Labute approximate surface area is 192 Å². The smallest absolute Gasteiger partial charge is 0.174 e. The number of hydrogen-bond acceptors (Lipinski definition) is 5. The van der Waals surface area contributed by atoms with Crippen molar-refractivity contribution in [3.63, 3.8) is 0 Å². The minimum Gasteiger partial charge on any atom is -0.393 e. The number of aliphatic hydroxyl groups excluding tert-OH is 3. The Morgan fingerprint density at radius 2 is 1.78 bits per heavy atom. The fraction of sp³-hybridized carbons (Fsp3) is 0.926. The molecule has 13 atom stereocenters. The Morgan fingerprint density at radius 3 is 2.53 bits per heavy atom. The molecule has 2 heterocycles. The first-order chi connectivity index (χ1) is 15.1. The second kappa shape index (κ2) is 7.04. The van der Waals surface area contributed by atoms with Gasteiger partial charge in [0, 0.05) is 18.3 Å². The number of hydrogen-bond donors (Lipinski definition) is 3. The van der Waals surface area contributed by atoms with Crippen molar-refractivity contribution in [1.82, 2.24) is 0 Å². The predicted molar refractivity (Wildman–Crippen MR) is 120 cm³/mol. The summed E-state index contributed by atoms with van der Waals surface area (Å²) in [5.41, 5.74) is 1.64. The van der Waals surface area contributed by atoms with E-state index in [0.717, 1.165) is 12.8 Å². The molecule has 4 aliphatic carbocycles. The first kappa shape index (κ1) is 22.0. The fourth-order valence-corrected chi connectivity index (χ4v) is 9.70. The van der Waals surface area contributed by atoms with Crippen LogP contribution >= 0.6 is 0 Å². The Balaban J connectivity index is 1.28. The van der Waals surface area contributed by atoms with Crippen LogP contribution in [-0.4, -0.2) is 52.1 Å². The lowest BCUT2D eigenvalue weighted by Crippen LogP contribution is -2.55. The van der Waals surface area contributed by atoms with E-state index in [1.165, 1.54) is 18.4 Å². The largest absolute Gasteiger partial charge is 0.393 e. The van der Waals surface area contributed by atoms with Crippen LogP contribution in [0.25, 0.3) is 0 Å². The molecule has 180 valence electrons. The molecule has 1 spiro atoms. The van der Waals surface area contributed by atoms with Gasteiger partial charge in [-0.2, -0.15) is 0 Å². The van der Waals surface area contributed by atoms with E-state index in [0.29, 0.717) is 49.5 Å². The minimum atomic E-state index is -0.610. The van der Waals surface area contributed by atoms with Crippen molar-refractivity contribution in [2.75, 3.05) is 6.61 Å². The van der Waals surface area contributed by atoms with Crippen molar-refractivity contribution >= 4 is 0 Å². The molecule has 3 saturated carbocycles. The molecule has 3 N–H and O–H groups in total. The van der Waals surface area contributed by atoms with E-state index in [-0.39, 0.29) is 34.9 Å². The molecule has 2 saturated heterocycles. The topological polar surface area (TPSA) is 79.2 Å². The van der Waals surface area contributed by atoms with Crippen molar-refractivity contribution in [1.29, 1.82) is 0 Å². The van der Waals surface area contributed by atoms with Crippen LogP contribution in [0.15, 0.2) is 11.6 Å². The quantitative estimate of drug-likeness (QED) is 0.495. The molecule has 0 amide bonds. The van der Waals surface area contributed by atoms with Gasteiger partial charge in [0.15, 0.2) is 5.79 Å².